The minimum absolute atomic E-state index is 0.0369. The van der Waals surface area contributed by atoms with Gasteiger partial charge < -0.3 is 24.2 Å². The molecule has 8 nitrogen and oxygen atoms in total. The first kappa shape index (κ1) is 27.0. The number of carbonyl (C=O) groups is 3. The number of rotatable bonds is 6. The number of hydrogen-bond acceptors (Lipinski definition) is 5. The van der Waals surface area contributed by atoms with E-state index in [1.54, 1.807) is 27.8 Å². The highest BCUT2D eigenvalue weighted by Crippen LogP contribution is 2.23. The van der Waals surface area contributed by atoms with Crippen LogP contribution in [0.2, 0.25) is 0 Å². The minimum Gasteiger partial charge on any atom is -0.493 e. The summed E-state index contributed by atoms with van der Waals surface area (Å²) in [7, 11) is 5.37. The summed E-state index contributed by atoms with van der Waals surface area (Å²) in [5, 5.41) is 0. The van der Waals surface area contributed by atoms with Gasteiger partial charge in [-0.15, -0.1) is 0 Å². The molecular weight excluding hydrogens is 446 g/mol. The molecular formula is C27H41N3O5. The van der Waals surface area contributed by atoms with Crippen LogP contribution in [-0.4, -0.2) is 92.5 Å². The standard InChI is InChI=1S/C27H41N3O5/c1-28(25(31)21-14-19-34-20-15-21)17-9-7-12-23-27(33)29(2)16-8-4-10-18-35-24-13-6-5-11-22(24)26(32)30(23)3/h5-6,11,13,21,23H,4,7-10,12,14-20H2,1-3H3/t23-/m0/s1. The van der Waals surface area contributed by atoms with Gasteiger partial charge in [-0.2, -0.15) is 0 Å². The first-order valence-electron chi connectivity index (χ1n) is 13.0. The Bertz CT molecular complexity index is 855. The third-order valence-electron chi connectivity index (χ3n) is 7.13. The molecule has 0 aromatic heterocycles. The molecule has 0 aliphatic carbocycles. The van der Waals surface area contributed by atoms with Crippen molar-refractivity contribution < 1.29 is 23.9 Å². The van der Waals surface area contributed by atoms with Crippen molar-refractivity contribution in [3.63, 3.8) is 0 Å². The molecule has 0 saturated carbocycles. The highest BCUT2D eigenvalue weighted by molar-refractivity contribution is 5.99. The Morgan fingerprint density at radius 1 is 1.03 bits per heavy atom. The van der Waals surface area contributed by atoms with Crippen LogP contribution in [0.3, 0.4) is 0 Å². The summed E-state index contributed by atoms with van der Waals surface area (Å²) in [6.45, 7) is 3.15. The molecule has 1 aromatic rings. The van der Waals surface area contributed by atoms with Gasteiger partial charge in [-0.25, -0.2) is 0 Å². The number of carbonyl (C=O) groups excluding carboxylic acids is 3. The Morgan fingerprint density at radius 2 is 1.77 bits per heavy atom. The molecule has 194 valence electrons. The van der Waals surface area contributed by atoms with E-state index < -0.39 is 6.04 Å². The molecule has 0 unspecified atom stereocenters. The summed E-state index contributed by atoms with van der Waals surface area (Å²) in [6, 6.07) is 6.70. The van der Waals surface area contributed by atoms with Crippen LogP contribution in [0, 0.1) is 5.92 Å². The van der Waals surface area contributed by atoms with Gasteiger partial charge in [0.1, 0.15) is 11.8 Å². The second-order valence-corrected chi connectivity index (χ2v) is 9.74. The lowest BCUT2D eigenvalue weighted by molar-refractivity contribution is -0.137. The number of benzene rings is 1. The number of fused-ring (bicyclic) bond motifs is 1. The number of amides is 3. The fraction of sp³-hybridized carbons (Fsp3) is 0.667. The maximum Gasteiger partial charge on any atom is 0.258 e. The van der Waals surface area contributed by atoms with Crippen molar-refractivity contribution in [1.29, 1.82) is 0 Å². The molecule has 2 heterocycles. The molecule has 3 rings (SSSR count). The summed E-state index contributed by atoms with van der Waals surface area (Å²) in [4.78, 5) is 44.6. The van der Waals surface area contributed by atoms with E-state index in [1.807, 2.05) is 32.3 Å². The van der Waals surface area contributed by atoms with Gasteiger partial charge in [-0.3, -0.25) is 14.4 Å². The molecule has 2 aliphatic heterocycles. The average molecular weight is 488 g/mol. The number of likely N-dealkylation sites (N-methyl/N-ethyl adjacent to an activating group) is 2. The van der Waals surface area contributed by atoms with Crippen LogP contribution in [0.5, 0.6) is 5.75 Å². The highest BCUT2D eigenvalue weighted by atomic mass is 16.5. The number of hydrogen-bond donors (Lipinski definition) is 0. The van der Waals surface area contributed by atoms with Crippen LogP contribution in [0.4, 0.5) is 0 Å². The van der Waals surface area contributed by atoms with Gasteiger partial charge in [0.2, 0.25) is 11.8 Å². The van der Waals surface area contributed by atoms with Crippen molar-refractivity contribution in [2.24, 2.45) is 5.92 Å². The maximum absolute atomic E-state index is 13.4. The Labute approximate surface area is 209 Å². The van der Waals surface area contributed by atoms with E-state index in [-0.39, 0.29) is 23.6 Å². The minimum atomic E-state index is -0.558. The van der Waals surface area contributed by atoms with Crippen molar-refractivity contribution in [2.45, 2.75) is 57.4 Å². The van der Waals surface area contributed by atoms with Gasteiger partial charge in [0.05, 0.1) is 12.2 Å². The Kier molecular flexibility index (Phi) is 10.4. The fourth-order valence-corrected chi connectivity index (χ4v) is 4.81. The molecule has 0 bridgehead atoms. The second-order valence-electron chi connectivity index (χ2n) is 9.74. The summed E-state index contributed by atoms with van der Waals surface area (Å²) < 4.78 is 11.3. The zero-order chi connectivity index (χ0) is 25.2. The van der Waals surface area contributed by atoms with Crippen molar-refractivity contribution in [3.8, 4) is 5.75 Å². The predicted octanol–water partition coefficient (Wildman–Crippen LogP) is 3.20. The van der Waals surface area contributed by atoms with Crippen LogP contribution >= 0.6 is 0 Å². The van der Waals surface area contributed by atoms with Crippen LogP contribution in [0.25, 0.3) is 0 Å². The van der Waals surface area contributed by atoms with Crippen LogP contribution in [0.15, 0.2) is 24.3 Å². The van der Waals surface area contributed by atoms with E-state index in [2.05, 4.69) is 0 Å². The summed E-state index contributed by atoms with van der Waals surface area (Å²) in [5.74, 6) is 0.542. The monoisotopic (exact) mass is 487 g/mol. The molecule has 0 N–H and O–H groups in total. The second kappa shape index (κ2) is 13.5. The first-order chi connectivity index (χ1) is 16.9. The van der Waals surface area contributed by atoms with E-state index in [1.165, 1.54) is 0 Å². The van der Waals surface area contributed by atoms with Gasteiger partial charge in [-0.1, -0.05) is 12.1 Å². The van der Waals surface area contributed by atoms with Gasteiger partial charge >= 0.3 is 0 Å². The van der Waals surface area contributed by atoms with Gasteiger partial charge in [0, 0.05) is 53.4 Å². The topological polar surface area (TPSA) is 79.4 Å². The third kappa shape index (κ3) is 7.43. The quantitative estimate of drug-likeness (QED) is 0.576. The Balaban J connectivity index is 1.65. The third-order valence-corrected chi connectivity index (χ3v) is 7.13. The van der Waals surface area contributed by atoms with Crippen LogP contribution < -0.4 is 4.74 Å². The largest absolute Gasteiger partial charge is 0.493 e. The van der Waals surface area contributed by atoms with Crippen molar-refractivity contribution in [3.05, 3.63) is 29.8 Å². The SMILES string of the molecule is CN(CCCC[C@H]1C(=O)N(C)CCCCCOc2ccccc2C(=O)N1C)C(=O)C1CCOCC1. The summed E-state index contributed by atoms with van der Waals surface area (Å²) in [5.41, 5.74) is 0.483. The van der Waals surface area contributed by atoms with Crippen molar-refractivity contribution in [2.75, 3.05) is 54.1 Å². The Morgan fingerprint density at radius 3 is 2.54 bits per heavy atom. The van der Waals surface area contributed by atoms with Crippen LogP contribution in [-0.2, 0) is 14.3 Å². The number of nitrogens with zero attached hydrogens (tertiary/aromatic N) is 3. The lowest BCUT2D eigenvalue weighted by atomic mass is 9.98. The molecule has 0 radical (unpaired) electrons. The maximum atomic E-state index is 13.4. The summed E-state index contributed by atoms with van der Waals surface area (Å²) in [6.07, 6.45) is 6.37. The molecule has 3 amide bonds. The molecule has 1 aromatic carbocycles. The highest BCUT2D eigenvalue weighted by Gasteiger charge is 2.31. The molecule has 1 saturated heterocycles. The average Bonchev–Trinajstić information content (AvgIpc) is 2.89. The first-order valence-corrected chi connectivity index (χ1v) is 13.0. The zero-order valence-corrected chi connectivity index (χ0v) is 21.5. The molecule has 1 atom stereocenters. The lowest BCUT2D eigenvalue weighted by Crippen LogP contribution is -2.48. The zero-order valence-electron chi connectivity index (χ0n) is 21.5. The van der Waals surface area contributed by atoms with Crippen molar-refractivity contribution >= 4 is 17.7 Å². The molecule has 0 spiro atoms. The van der Waals surface area contributed by atoms with E-state index in [9.17, 15) is 14.4 Å². The molecule has 2 aliphatic rings. The van der Waals surface area contributed by atoms with Gasteiger partial charge in [0.25, 0.3) is 5.91 Å². The van der Waals surface area contributed by atoms with Crippen LogP contribution in [0.1, 0.15) is 61.7 Å². The van der Waals surface area contributed by atoms with Gasteiger partial charge in [0.15, 0.2) is 0 Å². The van der Waals surface area contributed by atoms with Crippen molar-refractivity contribution in [1.82, 2.24) is 14.7 Å². The number of unbranched alkanes of at least 4 members (excludes halogenated alkanes) is 1. The van der Waals surface area contributed by atoms with Gasteiger partial charge in [-0.05, 0) is 63.5 Å². The van der Waals surface area contributed by atoms with E-state index in [0.717, 1.165) is 44.9 Å². The van der Waals surface area contributed by atoms with E-state index in [0.29, 0.717) is 50.6 Å². The summed E-state index contributed by atoms with van der Waals surface area (Å²) >= 11 is 0. The molecule has 1 fully saturated rings. The molecule has 8 heteroatoms. The normalized spacial score (nSPS) is 20.8. The molecule has 35 heavy (non-hydrogen) atoms. The lowest BCUT2D eigenvalue weighted by Gasteiger charge is -2.31. The number of ether oxygens (including phenoxy) is 2. The van der Waals surface area contributed by atoms with E-state index in [4.69, 9.17) is 9.47 Å². The van der Waals surface area contributed by atoms with E-state index >= 15 is 0 Å². The fourth-order valence-electron chi connectivity index (χ4n) is 4.81. The smallest absolute Gasteiger partial charge is 0.258 e. The Hall–Kier alpha value is -2.61. The predicted molar refractivity (Wildman–Crippen MR) is 134 cm³/mol. The number of para-hydroxylation sites is 1.